The number of benzene rings is 1. The van der Waals surface area contributed by atoms with E-state index in [1.165, 1.54) is 19.1 Å². The monoisotopic (exact) mass is 319 g/mol. The molecule has 1 unspecified atom stereocenters. The number of nitrogens with zero attached hydrogens (tertiary/aromatic N) is 1. The topological polar surface area (TPSA) is 82.1 Å². The van der Waals surface area contributed by atoms with Crippen LogP contribution in [0.5, 0.6) is 0 Å². The van der Waals surface area contributed by atoms with Gasteiger partial charge in [-0.05, 0) is 19.1 Å². The SMILES string of the molecule is CCOC1=C(C(=O)OC)C(C(=O)OC)N(c2ccccc2)C1=O. The van der Waals surface area contributed by atoms with Crippen LogP contribution < -0.4 is 4.90 Å². The summed E-state index contributed by atoms with van der Waals surface area (Å²) in [4.78, 5) is 38.2. The zero-order chi connectivity index (χ0) is 17.0. The summed E-state index contributed by atoms with van der Waals surface area (Å²) < 4.78 is 14.8. The Labute approximate surface area is 133 Å². The number of methoxy groups -OCH3 is 2. The van der Waals surface area contributed by atoms with Gasteiger partial charge in [-0.1, -0.05) is 18.2 Å². The van der Waals surface area contributed by atoms with Gasteiger partial charge < -0.3 is 14.2 Å². The number of hydrogen-bond donors (Lipinski definition) is 0. The van der Waals surface area contributed by atoms with E-state index in [9.17, 15) is 14.4 Å². The highest BCUT2D eigenvalue weighted by Gasteiger charge is 2.49. The van der Waals surface area contributed by atoms with Crippen LogP contribution in [0.4, 0.5) is 5.69 Å². The standard InChI is InChI=1S/C16H17NO6/c1-4-23-13-11(15(19)21-2)12(16(20)22-3)17(14(13)18)10-8-6-5-7-9-10/h5-9,12H,4H2,1-3H3. The number of amides is 1. The minimum atomic E-state index is -1.25. The average Bonchev–Trinajstić information content (AvgIpc) is 2.87. The first-order valence-electron chi connectivity index (χ1n) is 6.98. The van der Waals surface area contributed by atoms with Crippen molar-refractivity contribution in [3.8, 4) is 0 Å². The van der Waals surface area contributed by atoms with Crippen LogP contribution in [0.2, 0.25) is 0 Å². The molecular formula is C16H17NO6. The molecule has 1 aromatic rings. The van der Waals surface area contributed by atoms with Crippen molar-refractivity contribution < 1.29 is 28.6 Å². The molecule has 1 heterocycles. The van der Waals surface area contributed by atoms with Gasteiger partial charge in [-0.15, -0.1) is 0 Å². The van der Waals surface area contributed by atoms with Crippen molar-refractivity contribution in [3.05, 3.63) is 41.7 Å². The zero-order valence-corrected chi connectivity index (χ0v) is 13.1. The Morgan fingerprint density at radius 2 is 1.78 bits per heavy atom. The second-order valence-corrected chi connectivity index (χ2v) is 4.60. The maximum Gasteiger partial charge on any atom is 0.340 e. The van der Waals surface area contributed by atoms with Crippen LogP contribution in [0, 0.1) is 0 Å². The number of rotatable bonds is 5. The highest BCUT2D eigenvalue weighted by Crippen LogP contribution is 2.33. The fourth-order valence-corrected chi connectivity index (χ4v) is 2.38. The van der Waals surface area contributed by atoms with Crippen LogP contribution >= 0.6 is 0 Å². The molecule has 2 rings (SSSR count). The second-order valence-electron chi connectivity index (χ2n) is 4.60. The van der Waals surface area contributed by atoms with Gasteiger partial charge >= 0.3 is 11.9 Å². The van der Waals surface area contributed by atoms with Crippen LogP contribution in [0.1, 0.15) is 6.92 Å². The second kappa shape index (κ2) is 6.95. The van der Waals surface area contributed by atoms with Crippen molar-refractivity contribution in [2.75, 3.05) is 25.7 Å². The number of hydrogen-bond acceptors (Lipinski definition) is 6. The number of esters is 2. The maximum absolute atomic E-state index is 12.7. The molecule has 0 radical (unpaired) electrons. The summed E-state index contributed by atoms with van der Waals surface area (Å²) in [7, 11) is 2.35. The minimum absolute atomic E-state index is 0.157. The first-order chi connectivity index (χ1) is 11.1. The van der Waals surface area contributed by atoms with Crippen molar-refractivity contribution in [2.45, 2.75) is 13.0 Å². The van der Waals surface area contributed by atoms with E-state index in [0.717, 1.165) is 0 Å². The van der Waals surface area contributed by atoms with Crippen molar-refractivity contribution in [2.24, 2.45) is 0 Å². The molecule has 23 heavy (non-hydrogen) atoms. The molecule has 0 saturated heterocycles. The number of anilines is 1. The Morgan fingerprint density at radius 1 is 1.13 bits per heavy atom. The van der Waals surface area contributed by atoms with Gasteiger partial charge in [-0.3, -0.25) is 9.69 Å². The lowest BCUT2D eigenvalue weighted by Crippen LogP contribution is -2.43. The van der Waals surface area contributed by atoms with Gasteiger partial charge in [0.2, 0.25) is 0 Å². The Morgan fingerprint density at radius 3 is 2.30 bits per heavy atom. The van der Waals surface area contributed by atoms with E-state index in [0.29, 0.717) is 5.69 Å². The lowest BCUT2D eigenvalue weighted by atomic mass is 10.1. The Bertz CT molecular complexity index is 652. The van der Waals surface area contributed by atoms with Gasteiger partial charge in [0.15, 0.2) is 11.8 Å². The van der Waals surface area contributed by atoms with E-state index < -0.39 is 23.9 Å². The molecule has 1 aromatic carbocycles. The molecular weight excluding hydrogens is 302 g/mol. The van der Waals surface area contributed by atoms with Crippen LogP contribution in [0.3, 0.4) is 0 Å². The van der Waals surface area contributed by atoms with Crippen LogP contribution in [0.25, 0.3) is 0 Å². The largest absolute Gasteiger partial charge is 0.488 e. The fraction of sp³-hybridized carbons (Fsp3) is 0.312. The number of carbonyl (C=O) groups is 3. The predicted molar refractivity (Wildman–Crippen MR) is 80.4 cm³/mol. The molecule has 0 bridgehead atoms. The van der Waals surface area contributed by atoms with E-state index in [1.807, 2.05) is 0 Å². The van der Waals surface area contributed by atoms with Crippen LogP contribution in [-0.2, 0) is 28.6 Å². The van der Waals surface area contributed by atoms with Gasteiger partial charge in [0.25, 0.3) is 5.91 Å². The lowest BCUT2D eigenvalue weighted by molar-refractivity contribution is -0.144. The summed E-state index contributed by atoms with van der Waals surface area (Å²) in [5.41, 5.74) is 0.291. The van der Waals surface area contributed by atoms with Crippen molar-refractivity contribution in [1.29, 1.82) is 0 Å². The smallest absolute Gasteiger partial charge is 0.340 e. The van der Waals surface area contributed by atoms with Crippen molar-refractivity contribution in [1.82, 2.24) is 0 Å². The van der Waals surface area contributed by atoms with Gasteiger partial charge in [0, 0.05) is 5.69 Å². The molecule has 0 N–H and O–H groups in total. The van der Waals surface area contributed by atoms with Crippen molar-refractivity contribution >= 4 is 23.5 Å². The Balaban J connectivity index is 2.60. The summed E-state index contributed by atoms with van der Waals surface area (Å²) in [6, 6.07) is 7.26. The third-order valence-corrected chi connectivity index (χ3v) is 3.34. The molecule has 1 aliphatic heterocycles. The van der Waals surface area contributed by atoms with Gasteiger partial charge in [0.1, 0.15) is 5.57 Å². The van der Waals surface area contributed by atoms with Crippen LogP contribution in [0.15, 0.2) is 41.7 Å². The molecule has 0 aromatic heterocycles. The highest BCUT2D eigenvalue weighted by molar-refractivity contribution is 6.20. The molecule has 0 saturated carbocycles. The molecule has 7 heteroatoms. The van der Waals surface area contributed by atoms with E-state index in [4.69, 9.17) is 14.2 Å². The summed E-state index contributed by atoms with van der Waals surface area (Å²) in [6.45, 7) is 1.84. The molecule has 122 valence electrons. The summed E-state index contributed by atoms with van der Waals surface area (Å²) in [5, 5.41) is 0. The van der Waals surface area contributed by atoms with E-state index in [-0.39, 0.29) is 17.9 Å². The average molecular weight is 319 g/mol. The lowest BCUT2D eigenvalue weighted by Gasteiger charge is -2.23. The minimum Gasteiger partial charge on any atom is -0.488 e. The number of carbonyl (C=O) groups excluding carboxylic acids is 3. The fourth-order valence-electron chi connectivity index (χ4n) is 2.38. The quantitative estimate of drug-likeness (QED) is 0.754. The van der Waals surface area contributed by atoms with Crippen molar-refractivity contribution in [3.63, 3.8) is 0 Å². The zero-order valence-electron chi connectivity index (χ0n) is 13.1. The van der Waals surface area contributed by atoms with Crippen LogP contribution in [-0.4, -0.2) is 44.7 Å². The maximum atomic E-state index is 12.7. The first kappa shape index (κ1) is 16.5. The summed E-state index contributed by atoms with van der Waals surface area (Å²) in [5.74, 6) is -2.35. The molecule has 7 nitrogen and oxygen atoms in total. The highest BCUT2D eigenvalue weighted by atomic mass is 16.5. The molecule has 1 atom stereocenters. The predicted octanol–water partition coefficient (Wildman–Crippen LogP) is 1.04. The van der Waals surface area contributed by atoms with E-state index in [1.54, 1.807) is 37.3 Å². The molecule has 1 amide bonds. The van der Waals surface area contributed by atoms with Gasteiger partial charge in [0.05, 0.1) is 20.8 Å². The molecule has 1 aliphatic rings. The third-order valence-electron chi connectivity index (χ3n) is 3.34. The number of para-hydroxylation sites is 1. The molecule has 0 spiro atoms. The first-order valence-corrected chi connectivity index (χ1v) is 6.98. The Kier molecular flexibility index (Phi) is 5.00. The Hall–Kier alpha value is -2.83. The molecule has 0 fully saturated rings. The van der Waals surface area contributed by atoms with Gasteiger partial charge in [-0.2, -0.15) is 0 Å². The normalized spacial score (nSPS) is 17.3. The van der Waals surface area contributed by atoms with E-state index >= 15 is 0 Å². The summed E-state index contributed by atoms with van der Waals surface area (Å²) in [6.07, 6.45) is 0. The number of ether oxygens (including phenoxy) is 3. The van der Waals surface area contributed by atoms with E-state index in [2.05, 4.69) is 0 Å². The van der Waals surface area contributed by atoms with Gasteiger partial charge in [-0.25, -0.2) is 9.59 Å². The summed E-state index contributed by atoms with van der Waals surface area (Å²) >= 11 is 0. The third kappa shape index (κ3) is 2.90. The molecule has 0 aliphatic carbocycles.